The van der Waals surface area contributed by atoms with Gasteiger partial charge in [0.05, 0.1) is 22.8 Å². The van der Waals surface area contributed by atoms with Crippen LogP contribution < -0.4 is 15.1 Å². The van der Waals surface area contributed by atoms with Crippen LogP contribution in [0, 0.1) is 11.6 Å². The van der Waals surface area contributed by atoms with Gasteiger partial charge in [-0.3, -0.25) is 14.4 Å². The average Bonchev–Trinajstić information content (AvgIpc) is 3.89. The molecule has 14 nitrogen and oxygen atoms in total. The quantitative estimate of drug-likeness (QED) is 0.272. The first kappa shape index (κ1) is 34.6. The molecule has 0 radical (unpaired) electrons. The molecule has 10 rings (SSSR count). The highest BCUT2D eigenvalue weighted by atomic mass is 19.1. The van der Waals surface area contributed by atoms with E-state index >= 15 is 4.39 Å². The van der Waals surface area contributed by atoms with Crippen LogP contribution >= 0.6 is 0 Å². The highest BCUT2D eigenvalue weighted by Crippen LogP contribution is 2.40. The fraction of sp³-hybridized carbons (Fsp3) is 0.410. The number of hydrogen-bond acceptors (Lipinski definition) is 11. The molecule has 0 spiro atoms. The Balaban J connectivity index is 1.07. The third-order valence-corrected chi connectivity index (χ3v) is 11.8. The number of likely N-dealkylation sites (N-methyl/N-ethyl adjacent to an activating group) is 1. The number of aryl methyl sites for hydroxylation is 2. The second-order valence-corrected chi connectivity index (χ2v) is 15.3. The van der Waals surface area contributed by atoms with Crippen LogP contribution in [0.4, 0.5) is 30.9 Å². The van der Waals surface area contributed by atoms with Gasteiger partial charge in [0.1, 0.15) is 30.0 Å². The van der Waals surface area contributed by atoms with Crippen molar-refractivity contribution in [1.29, 1.82) is 0 Å². The summed E-state index contributed by atoms with van der Waals surface area (Å²) in [4.78, 5) is 42.4. The predicted octanol–water partition coefficient (Wildman–Crippen LogP) is 4.13. The SMILES string of the molecule is CN1CCCc2c3c(cccc3nn2C)-c2ccnc(n2)NC2C[C@@H](C1=O)N(c1nc(N3C4C[C@@H]3CN(CCF)C4)nc3c1cnn3-c1ccc(F)cc1F)C2. The summed E-state index contributed by atoms with van der Waals surface area (Å²) in [5.74, 6) is -0.211. The molecule has 4 aromatic heterocycles. The number of carbonyl (C=O) groups is 1. The zero-order valence-electron chi connectivity index (χ0n) is 31.0. The normalized spacial score (nSPS) is 22.7. The third-order valence-electron chi connectivity index (χ3n) is 11.8. The largest absolute Gasteiger partial charge is 0.350 e. The van der Waals surface area contributed by atoms with Gasteiger partial charge in [-0.05, 0) is 49.9 Å². The van der Waals surface area contributed by atoms with Crippen LogP contribution in [0.15, 0.2) is 54.9 Å². The number of anilines is 3. The summed E-state index contributed by atoms with van der Waals surface area (Å²) in [5, 5.41) is 14.4. The van der Waals surface area contributed by atoms with Gasteiger partial charge in [-0.2, -0.15) is 20.2 Å². The van der Waals surface area contributed by atoms with Crippen molar-refractivity contribution in [2.45, 2.75) is 49.9 Å². The Kier molecular flexibility index (Phi) is 8.30. The Morgan fingerprint density at radius 2 is 1.84 bits per heavy atom. The first-order chi connectivity index (χ1) is 27.2. The van der Waals surface area contributed by atoms with Crippen molar-refractivity contribution in [3.05, 3.63) is 72.2 Å². The van der Waals surface area contributed by atoms with Crippen molar-refractivity contribution in [2.24, 2.45) is 7.05 Å². The van der Waals surface area contributed by atoms with Crippen molar-refractivity contribution in [3.8, 4) is 16.9 Å². The molecule has 0 aliphatic carbocycles. The number of piperidine rings is 1. The molecule has 1 N–H and O–H groups in total. The summed E-state index contributed by atoms with van der Waals surface area (Å²) < 4.78 is 46.0. The van der Waals surface area contributed by atoms with Crippen molar-refractivity contribution in [1.82, 2.24) is 49.3 Å². The van der Waals surface area contributed by atoms with Crippen LogP contribution in [0.1, 0.15) is 25.0 Å². The van der Waals surface area contributed by atoms with Gasteiger partial charge >= 0.3 is 0 Å². The van der Waals surface area contributed by atoms with E-state index in [1.54, 1.807) is 17.3 Å². The van der Waals surface area contributed by atoms with Gasteiger partial charge in [0.15, 0.2) is 11.5 Å². The van der Waals surface area contributed by atoms with Crippen LogP contribution in [0.2, 0.25) is 0 Å². The van der Waals surface area contributed by atoms with Gasteiger partial charge in [0.25, 0.3) is 0 Å². The van der Waals surface area contributed by atoms with Crippen LogP contribution in [0.5, 0.6) is 0 Å². The molecule has 4 aliphatic rings. The van der Waals surface area contributed by atoms with E-state index in [4.69, 9.17) is 20.1 Å². The lowest BCUT2D eigenvalue weighted by molar-refractivity contribution is -0.131. The van der Waals surface area contributed by atoms with E-state index in [2.05, 4.69) is 31.3 Å². The molecular weight excluding hydrogens is 724 g/mol. The van der Waals surface area contributed by atoms with E-state index in [0.717, 1.165) is 40.3 Å². The Bertz CT molecular complexity index is 2490. The number of piperazine rings is 1. The molecule has 4 atom stereocenters. The molecule has 2 unspecified atom stereocenters. The molecule has 17 heteroatoms. The van der Waals surface area contributed by atoms with Gasteiger partial charge < -0.3 is 20.0 Å². The van der Waals surface area contributed by atoms with E-state index in [-0.39, 0.29) is 29.7 Å². The standard InChI is InChI=1S/C39H40F3N13O/c1-50-13-4-7-32-34-26(5-3-6-30(34)49-51(32)2)29-10-12-43-38(46-29)45-23-16-33(37(50)56)53(19-23)35-27-18-44-55(31-9-8-22(41)15-28(31)42)36(27)48-39(47-35)54-24-17-25(54)21-52(20-24)14-11-40/h3,5-6,8-10,12,15,18,23-25,33H,4,7,11,13-14,16-17,19-21H2,1-2H3,(H,43,45,46)/t23?,24-,25?,33+/m1/s1. The van der Waals surface area contributed by atoms with Crippen LogP contribution in [-0.4, -0.2) is 126 Å². The highest BCUT2D eigenvalue weighted by Gasteiger charge is 2.47. The second kappa shape index (κ2) is 13.4. The van der Waals surface area contributed by atoms with Crippen LogP contribution in [-0.2, 0) is 18.3 Å². The highest BCUT2D eigenvalue weighted by molar-refractivity contribution is 5.96. The maximum absolute atomic E-state index is 15.3. The summed E-state index contributed by atoms with van der Waals surface area (Å²) in [6, 6.07) is 10.5. The molecule has 288 valence electrons. The van der Waals surface area contributed by atoms with Gasteiger partial charge in [-0.15, -0.1) is 0 Å². The van der Waals surface area contributed by atoms with Crippen LogP contribution in [0.25, 0.3) is 38.9 Å². The number of alkyl halides is 1. The first-order valence-corrected chi connectivity index (χ1v) is 19.1. The predicted molar refractivity (Wildman–Crippen MR) is 205 cm³/mol. The van der Waals surface area contributed by atoms with E-state index in [1.807, 2.05) is 41.9 Å². The Morgan fingerprint density at radius 3 is 2.66 bits per heavy atom. The molecule has 0 saturated carbocycles. The molecule has 56 heavy (non-hydrogen) atoms. The molecule has 1 amide bonds. The minimum atomic E-state index is -0.788. The number of halogens is 3. The van der Waals surface area contributed by atoms with Gasteiger partial charge in [0.2, 0.25) is 17.8 Å². The molecule has 6 aromatic rings. The molecule has 4 aliphatic heterocycles. The first-order valence-electron chi connectivity index (χ1n) is 19.1. The van der Waals surface area contributed by atoms with Gasteiger partial charge in [0, 0.05) is 93.9 Å². The monoisotopic (exact) mass is 763 g/mol. The summed E-state index contributed by atoms with van der Waals surface area (Å²) in [7, 11) is 3.78. The van der Waals surface area contributed by atoms with E-state index in [1.165, 1.54) is 16.8 Å². The van der Waals surface area contributed by atoms with E-state index in [9.17, 15) is 13.6 Å². The smallest absolute Gasteiger partial charge is 0.245 e. The lowest BCUT2D eigenvalue weighted by Gasteiger charge is -2.56. The fourth-order valence-electron chi connectivity index (χ4n) is 9.20. The number of nitrogens with zero attached hydrogens (tertiary/aromatic N) is 12. The molecule has 3 fully saturated rings. The minimum absolute atomic E-state index is 0.0361. The molecule has 6 bridgehead atoms. The van der Waals surface area contributed by atoms with Gasteiger partial charge in [-0.1, -0.05) is 12.1 Å². The number of aromatic nitrogens is 8. The second-order valence-electron chi connectivity index (χ2n) is 15.3. The number of amides is 1. The summed E-state index contributed by atoms with van der Waals surface area (Å²) >= 11 is 0. The minimum Gasteiger partial charge on any atom is -0.350 e. The van der Waals surface area contributed by atoms with Crippen molar-refractivity contribution < 1.29 is 18.0 Å². The lowest BCUT2D eigenvalue weighted by atomic mass is 9.88. The number of carbonyl (C=O) groups excluding carboxylic acids is 1. The number of hydrogen-bond donors (Lipinski definition) is 1. The fourth-order valence-corrected chi connectivity index (χ4v) is 9.20. The van der Waals surface area contributed by atoms with Crippen LogP contribution in [0.3, 0.4) is 0 Å². The van der Waals surface area contributed by atoms with E-state index in [0.29, 0.717) is 80.7 Å². The molecule has 8 heterocycles. The number of rotatable bonds is 5. The zero-order valence-corrected chi connectivity index (χ0v) is 31.0. The Labute approximate surface area is 319 Å². The summed E-state index contributed by atoms with van der Waals surface area (Å²) in [6.45, 7) is 2.17. The lowest BCUT2D eigenvalue weighted by Crippen LogP contribution is -2.69. The van der Waals surface area contributed by atoms with Crippen molar-refractivity contribution in [3.63, 3.8) is 0 Å². The summed E-state index contributed by atoms with van der Waals surface area (Å²) in [5.41, 5.74) is 4.05. The van der Waals surface area contributed by atoms with Crippen molar-refractivity contribution >= 4 is 45.6 Å². The van der Waals surface area contributed by atoms with Gasteiger partial charge in [-0.25, -0.2) is 27.8 Å². The maximum Gasteiger partial charge on any atom is 0.245 e. The zero-order chi connectivity index (χ0) is 38.2. The average molecular weight is 764 g/mol. The number of benzene rings is 2. The third kappa shape index (κ3) is 5.69. The maximum atomic E-state index is 15.3. The Hall–Kier alpha value is -5.84. The number of nitrogens with one attached hydrogen (secondary N) is 1. The number of fused-ring (bicyclic) bond motifs is 8. The number of likely N-dealkylation sites (tertiary alicyclic amines) is 1. The van der Waals surface area contributed by atoms with Crippen molar-refractivity contribution in [2.75, 3.05) is 61.6 Å². The van der Waals surface area contributed by atoms with E-state index < -0.39 is 24.4 Å². The topological polar surface area (TPSA) is 129 Å². The summed E-state index contributed by atoms with van der Waals surface area (Å²) in [6.07, 6.45) is 6.08. The molecule has 3 saturated heterocycles. The Morgan fingerprint density at radius 1 is 0.982 bits per heavy atom. The molecule has 2 aromatic carbocycles. The molecular formula is C39H40F3N13O.